The molecule has 1 aromatic carbocycles. The fraction of sp³-hybridized carbons (Fsp3) is 0.667. The van der Waals surface area contributed by atoms with Crippen LogP contribution in [-0.4, -0.2) is 18.6 Å². The standard InChI is InChI=1S/C21H30N2S/c1-15-4-6-19(7-5-15)24(2,3)23-20(14-22)21-11-16-8-17(12-21)10-18(9-16)13-21/h4-7,16-18,20,23H,8-13H2,1-3H3/t16?,17?,18?,20-,21?/m1/s1. The molecule has 4 saturated carbocycles. The lowest BCUT2D eigenvalue weighted by molar-refractivity contribution is -0.0601. The summed E-state index contributed by atoms with van der Waals surface area (Å²) < 4.78 is 3.86. The number of nitriles is 1. The molecule has 0 aliphatic heterocycles. The summed E-state index contributed by atoms with van der Waals surface area (Å²) in [6.07, 6.45) is 12.8. The SMILES string of the molecule is Cc1ccc(S(C)(C)N[C@H](C#N)C23CC4CC(CC(C4)C2)C3)cc1. The molecule has 0 amide bonds. The van der Waals surface area contributed by atoms with E-state index in [1.807, 2.05) is 0 Å². The summed E-state index contributed by atoms with van der Waals surface area (Å²) in [4.78, 5) is 1.36. The van der Waals surface area contributed by atoms with Gasteiger partial charge in [-0.1, -0.05) is 17.7 Å². The van der Waals surface area contributed by atoms with Crippen LogP contribution in [0.1, 0.15) is 44.1 Å². The van der Waals surface area contributed by atoms with Crippen molar-refractivity contribution >= 4 is 10.2 Å². The summed E-state index contributed by atoms with van der Waals surface area (Å²) in [6.45, 7) is 2.13. The van der Waals surface area contributed by atoms with E-state index in [0.29, 0.717) is 0 Å². The van der Waals surface area contributed by atoms with Gasteiger partial charge in [-0.15, -0.1) is 0 Å². The molecule has 0 unspecified atom stereocenters. The molecule has 0 heterocycles. The maximum Gasteiger partial charge on any atom is 0.109 e. The molecule has 0 saturated heterocycles. The minimum Gasteiger partial charge on any atom is -0.260 e. The molecule has 4 aliphatic rings. The lowest BCUT2D eigenvalue weighted by Crippen LogP contribution is -2.55. The molecule has 24 heavy (non-hydrogen) atoms. The third-order valence-electron chi connectivity index (χ3n) is 6.85. The van der Waals surface area contributed by atoms with Gasteiger partial charge in [-0.05, 0) is 87.8 Å². The van der Waals surface area contributed by atoms with Crippen LogP contribution in [0.3, 0.4) is 0 Å². The highest BCUT2D eigenvalue weighted by molar-refractivity contribution is 8.31. The highest BCUT2D eigenvalue weighted by atomic mass is 32.3. The first-order valence-electron chi connectivity index (χ1n) is 9.37. The van der Waals surface area contributed by atoms with Crippen molar-refractivity contribution in [1.82, 2.24) is 4.72 Å². The van der Waals surface area contributed by atoms with Crippen LogP contribution in [0.25, 0.3) is 0 Å². The van der Waals surface area contributed by atoms with Gasteiger partial charge in [0.1, 0.15) is 6.04 Å². The predicted octanol–water partition coefficient (Wildman–Crippen LogP) is 5.03. The second-order valence-electron chi connectivity index (χ2n) is 9.10. The average molecular weight is 343 g/mol. The molecular formula is C21H30N2S. The van der Waals surface area contributed by atoms with Crippen LogP contribution in [0.2, 0.25) is 0 Å². The zero-order valence-corrected chi connectivity index (χ0v) is 16.0. The van der Waals surface area contributed by atoms with Gasteiger partial charge in [0.15, 0.2) is 0 Å². The van der Waals surface area contributed by atoms with Gasteiger partial charge >= 0.3 is 0 Å². The van der Waals surface area contributed by atoms with Gasteiger partial charge < -0.3 is 0 Å². The van der Waals surface area contributed by atoms with Gasteiger partial charge in [0.05, 0.1) is 6.07 Å². The van der Waals surface area contributed by atoms with Gasteiger partial charge in [-0.2, -0.15) is 15.5 Å². The van der Waals surface area contributed by atoms with Gasteiger partial charge in [0.2, 0.25) is 0 Å². The smallest absolute Gasteiger partial charge is 0.109 e. The Hall–Kier alpha value is -0.980. The van der Waals surface area contributed by atoms with Crippen LogP contribution < -0.4 is 4.72 Å². The van der Waals surface area contributed by atoms with Gasteiger partial charge in [-0.25, -0.2) is 0 Å². The zero-order valence-electron chi connectivity index (χ0n) is 15.2. The van der Waals surface area contributed by atoms with Crippen LogP contribution >= 0.6 is 10.2 Å². The molecule has 2 nitrogen and oxygen atoms in total. The summed E-state index contributed by atoms with van der Waals surface area (Å²) in [7, 11) is -1.15. The summed E-state index contributed by atoms with van der Waals surface area (Å²) in [5.41, 5.74) is 1.55. The number of rotatable bonds is 4. The molecule has 130 valence electrons. The Bertz CT molecular complexity index is 620. The second kappa shape index (κ2) is 5.78. The number of nitrogens with one attached hydrogen (secondary N) is 1. The summed E-state index contributed by atoms with van der Waals surface area (Å²) in [6, 6.07) is 11.6. The number of hydrogen-bond acceptors (Lipinski definition) is 2. The average Bonchev–Trinajstić information content (AvgIpc) is 2.51. The Morgan fingerprint density at radius 2 is 1.54 bits per heavy atom. The molecule has 4 aliphatic carbocycles. The molecule has 3 heteroatoms. The Morgan fingerprint density at radius 3 is 2.00 bits per heavy atom. The predicted molar refractivity (Wildman–Crippen MR) is 102 cm³/mol. The Labute approximate surface area is 148 Å². The molecular weight excluding hydrogens is 312 g/mol. The largest absolute Gasteiger partial charge is 0.260 e. The molecule has 0 aromatic heterocycles. The lowest BCUT2D eigenvalue weighted by Gasteiger charge is -2.59. The number of aryl methyl sites for hydroxylation is 1. The van der Waals surface area contributed by atoms with Crippen molar-refractivity contribution in [1.29, 1.82) is 5.26 Å². The fourth-order valence-corrected chi connectivity index (χ4v) is 7.91. The highest BCUT2D eigenvalue weighted by Crippen LogP contribution is 2.62. The third-order valence-corrected chi connectivity index (χ3v) is 9.13. The van der Waals surface area contributed by atoms with E-state index < -0.39 is 10.2 Å². The topological polar surface area (TPSA) is 35.8 Å². The zero-order chi connectivity index (χ0) is 16.9. The highest BCUT2D eigenvalue weighted by Gasteiger charge is 2.54. The summed E-state index contributed by atoms with van der Waals surface area (Å²) in [5, 5.41) is 10.0. The summed E-state index contributed by atoms with van der Waals surface area (Å²) >= 11 is 0. The Balaban J connectivity index is 1.58. The molecule has 1 N–H and O–H groups in total. The maximum atomic E-state index is 10.0. The van der Waals surface area contributed by atoms with E-state index in [4.69, 9.17) is 0 Å². The van der Waals surface area contributed by atoms with Crippen molar-refractivity contribution in [2.75, 3.05) is 12.5 Å². The van der Waals surface area contributed by atoms with Crippen molar-refractivity contribution < 1.29 is 0 Å². The van der Waals surface area contributed by atoms with Gasteiger partial charge in [0, 0.05) is 10.3 Å². The molecule has 0 radical (unpaired) electrons. The Kier molecular flexibility index (Phi) is 3.97. The van der Waals surface area contributed by atoms with E-state index in [9.17, 15) is 5.26 Å². The monoisotopic (exact) mass is 342 g/mol. The normalized spacial score (nSPS) is 36.3. The van der Waals surface area contributed by atoms with E-state index in [1.165, 1.54) is 49.0 Å². The first-order valence-corrected chi connectivity index (χ1v) is 11.8. The summed E-state index contributed by atoms with van der Waals surface area (Å²) in [5.74, 6) is 2.68. The first-order chi connectivity index (χ1) is 11.4. The molecule has 0 spiro atoms. The van der Waals surface area contributed by atoms with Crippen molar-refractivity contribution in [2.24, 2.45) is 23.2 Å². The molecule has 1 aromatic rings. The quantitative estimate of drug-likeness (QED) is 0.833. The minimum absolute atomic E-state index is 0.0113. The van der Waals surface area contributed by atoms with Crippen molar-refractivity contribution in [2.45, 2.75) is 56.4 Å². The van der Waals surface area contributed by atoms with Crippen molar-refractivity contribution in [3.63, 3.8) is 0 Å². The molecule has 4 fully saturated rings. The molecule has 1 atom stereocenters. The molecule has 5 rings (SSSR count). The minimum atomic E-state index is -1.15. The van der Waals surface area contributed by atoms with Crippen LogP contribution in [0, 0.1) is 41.4 Å². The van der Waals surface area contributed by atoms with Crippen molar-refractivity contribution in [3.05, 3.63) is 29.8 Å². The maximum absolute atomic E-state index is 10.0. The number of benzene rings is 1. The van der Waals surface area contributed by atoms with E-state index in [-0.39, 0.29) is 11.5 Å². The van der Waals surface area contributed by atoms with Crippen LogP contribution in [0.4, 0.5) is 0 Å². The lowest BCUT2D eigenvalue weighted by atomic mass is 9.48. The van der Waals surface area contributed by atoms with E-state index >= 15 is 0 Å². The van der Waals surface area contributed by atoms with Crippen LogP contribution in [0.15, 0.2) is 29.2 Å². The van der Waals surface area contributed by atoms with E-state index in [2.05, 4.69) is 54.5 Å². The van der Waals surface area contributed by atoms with Gasteiger partial charge in [0.25, 0.3) is 0 Å². The second-order valence-corrected chi connectivity index (χ2v) is 12.5. The third kappa shape index (κ3) is 2.78. The van der Waals surface area contributed by atoms with Crippen LogP contribution in [-0.2, 0) is 0 Å². The van der Waals surface area contributed by atoms with E-state index in [1.54, 1.807) is 0 Å². The Morgan fingerprint density at radius 1 is 1.04 bits per heavy atom. The fourth-order valence-electron chi connectivity index (χ4n) is 6.06. The molecule has 4 bridgehead atoms. The number of nitrogens with zero attached hydrogens (tertiary/aromatic N) is 1. The van der Waals surface area contributed by atoms with Crippen molar-refractivity contribution in [3.8, 4) is 6.07 Å². The number of hydrogen-bond donors (Lipinski definition) is 1. The van der Waals surface area contributed by atoms with Crippen LogP contribution in [0.5, 0.6) is 0 Å². The van der Waals surface area contributed by atoms with Gasteiger partial charge in [-0.3, -0.25) is 4.72 Å². The first kappa shape index (κ1) is 16.5. The van der Waals surface area contributed by atoms with E-state index in [0.717, 1.165) is 17.8 Å².